The molecular formula is C15H32N4O3. The predicted octanol–water partition coefficient (Wildman–Crippen LogP) is 0.104. The Labute approximate surface area is 134 Å². The third kappa shape index (κ3) is 9.19. The van der Waals surface area contributed by atoms with Gasteiger partial charge in [0.1, 0.15) is 5.60 Å². The Hall–Kier alpha value is -0.890. The van der Waals surface area contributed by atoms with Crippen LogP contribution < -0.4 is 11.1 Å². The van der Waals surface area contributed by atoms with Crippen molar-refractivity contribution in [2.24, 2.45) is 5.73 Å². The van der Waals surface area contributed by atoms with E-state index in [2.05, 4.69) is 15.1 Å². The molecule has 1 saturated heterocycles. The first-order valence-corrected chi connectivity index (χ1v) is 8.10. The molecule has 7 nitrogen and oxygen atoms in total. The average molecular weight is 316 g/mol. The van der Waals surface area contributed by atoms with Crippen LogP contribution in [-0.4, -0.2) is 87.1 Å². The molecular weight excluding hydrogens is 284 g/mol. The van der Waals surface area contributed by atoms with Crippen molar-refractivity contribution in [3.63, 3.8) is 0 Å². The van der Waals surface area contributed by atoms with Crippen LogP contribution in [0.15, 0.2) is 0 Å². The van der Waals surface area contributed by atoms with E-state index in [9.17, 15) is 4.79 Å². The van der Waals surface area contributed by atoms with Gasteiger partial charge in [-0.05, 0) is 20.8 Å². The van der Waals surface area contributed by atoms with Gasteiger partial charge in [0.25, 0.3) is 0 Å². The summed E-state index contributed by atoms with van der Waals surface area (Å²) in [7, 11) is 0. The van der Waals surface area contributed by atoms with Crippen LogP contribution in [0.2, 0.25) is 0 Å². The molecule has 1 aliphatic heterocycles. The molecule has 130 valence electrons. The van der Waals surface area contributed by atoms with Gasteiger partial charge in [0, 0.05) is 52.4 Å². The largest absolute Gasteiger partial charge is 0.444 e. The Kier molecular flexibility index (Phi) is 8.70. The lowest BCUT2D eigenvalue weighted by Crippen LogP contribution is -2.48. The zero-order valence-corrected chi connectivity index (χ0v) is 14.3. The maximum Gasteiger partial charge on any atom is 0.407 e. The highest BCUT2D eigenvalue weighted by atomic mass is 16.6. The van der Waals surface area contributed by atoms with Crippen LogP contribution in [-0.2, 0) is 9.47 Å². The van der Waals surface area contributed by atoms with E-state index in [0.29, 0.717) is 19.8 Å². The molecule has 0 radical (unpaired) electrons. The van der Waals surface area contributed by atoms with Crippen molar-refractivity contribution in [1.29, 1.82) is 0 Å². The Bertz CT molecular complexity index is 312. The molecule has 0 saturated carbocycles. The SMILES string of the molecule is CC(C)(C)OC(=O)NCCOCCN1CCN(CCN)CC1. The van der Waals surface area contributed by atoms with Crippen molar-refractivity contribution in [3.05, 3.63) is 0 Å². The molecule has 0 aromatic heterocycles. The third-order valence-corrected chi connectivity index (χ3v) is 3.38. The lowest BCUT2D eigenvalue weighted by atomic mass is 10.2. The van der Waals surface area contributed by atoms with Crippen LogP contribution >= 0.6 is 0 Å². The van der Waals surface area contributed by atoms with Gasteiger partial charge in [0.15, 0.2) is 0 Å². The van der Waals surface area contributed by atoms with Crippen LogP contribution in [0.25, 0.3) is 0 Å². The molecule has 0 bridgehead atoms. The van der Waals surface area contributed by atoms with Crippen LogP contribution in [0, 0.1) is 0 Å². The van der Waals surface area contributed by atoms with E-state index < -0.39 is 11.7 Å². The highest BCUT2D eigenvalue weighted by Gasteiger charge is 2.16. The smallest absolute Gasteiger partial charge is 0.407 e. The molecule has 0 aromatic rings. The summed E-state index contributed by atoms with van der Waals surface area (Å²) < 4.78 is 10.7. The van der Waals surface area contributed by atoms with Crippen molar-refractivity contribution >= 4 is 6.09 Å². The van der Waals surface area contributed by atoms with E-state index in [0.717, 1.165) is 45.8 Å². The molecule has 0 spiro atoms. The number of alkyl carbamates (subject to hydrolysis) is 1. The molecule has 1 fully saturated rings. The summed E-state index contributed by atoms with van der Waals surface area (Å²) in [6.07, 6.45) is -0.396. The number of rotatable bonds is 8. The quantitative estimate of drug-likeness (QED) is 0.619. The number of nitrogens with one attached hydrogen (secondary N) is 1. The number of amides is 1. The molecule has 1 heterocycles. The Morgan fingerprint density at radius 2 is 1.68 bits per heavy atom. The molecule has 22 heavy (non-hydrogen) atoms. The predicted molar refractivity (Wildman–Crippen MR) is 87.0 cm³/mol. The number of carbonyl (C=O) groups excluding carboxylic acids is 1. The van der Waals surface area contributed by atoms with Gasteiger partial charge in [-0.3, -0.25) is 9.80 Å². The molecule has 3 N–H and O–H groups in total. The molecule has 1 amide bonds. The fourth-order valence-corrected chi connectivity index (χ4v) is 2.25. The first kappa shape index (κ1) is 19.2. The van der Waals surface area contributed by atoms with Gasteiger partial charge in [-0.25, -0.2) is 4.79 Å². The van der Waals surface area contributed by atoms with Crippen LogP contribution in [0.5, 0.6) is 0 Å². The number of hydrogen-bond donors (Lipinski definition) is 2. The Balaban J connectivity index is 1.95. The molecule has 0 unspecified atom stereocenters. The lowest BCUT2D eigenvalue weighted by molar-refractivity contribution is 0.0478. The van der Waals surface area contributed by atoms with Gasteiger partial charge in [-0.2, -0.15) is 0 Å². The van der Waals surface area contributed by atoms with E-state index in [1.807, 2.05) is 20.8 Å². The topological polar surface area (TPSA) is 80.1 Å². The van der Waals surface area contributed by atoms with Crippen molar-refractivity contribution in [3.8, 4) is 0 Å². The number of hydrogen-bond acceptors (Lipinski definition) is 6. The standard InChI is InChI=1S/C15H32N4O3/c1-15(2,3)22-14(20)17-5-12-21-13-11-19-9-7-18(6-4-16)8-10-19/h4-13,16H2,1-3H3,(H,17,20). The zero-order valence-electron chi connectivity index (χ0n) is 14.3. The number of piperazine rings is 1. The van der Waals surface area contributed by atoms with E-state index in [1.165, 1.54) is 0 Å². The van der Waals surface area contributed by atoms with E-state index >= 15 is 0 Å². The number of ether oxygens (including phenoxy) is 2. The van der Waals surface area contributed by atoms with Crippen LogP contribution in [0.3, 0.4) is 0 Å². The average Bonchev–Trinajstić information content (AvgIpc) is 2.43. The minimum atomic E-state index is -0.461. The zero-order chi connectivity index (χ0) is 16.4. The molecule has 0 aliphatic carbocycles. The van der Waals surface area contributed by atoms with Gasteiger partial charge in [-0.1, -0.05) is 0 Å². The lowest BCUT2D eigenvalue weighted by Gasteiger charge is -2.34. The van der Waals surface area contributed by atoms with Gasteiger partial charge in [0.05, 0.1) is 13.2 Å². The van der Waals surface area contributed by atoms with Gasteiger partial charge in [-0.15, -0.1) is 0 Å². The Morgan fingerprint density at radius 1 is 1.09 bits per heavy atom. The summed E-state index contributed by atoms with van der Waals surface area (Å²) in [4.78, 5) is 16.2. The van der Waals surface area contributed by atoms with Gasteiger partial charge in [0.2, 0.25) is 0 Å². The second kappa shape index (κ2) is 9.99. The highest BCUT2D eigenvalue weighted by Crippen LogP contribution is 2.06. The summed E-state index contributed by atoms with van der Waals surface area (Å²) in [5.74, 6) is 0. The summed E-state index contributed by atoms with van der Waals surface area (Å²) in [6, 6.07) is 0. The first-order valence-electron chi connectivity index (χ1n) is 8.10. The van der Waals surface area contributed by atoms with Crippen LogP contribution in [0.4, 0.5) is 4.79 Å². The summed E-state index contributed by atoms with van der Waals surface area (Å²) >= 11 is 0. The van der Waals surface area contributed by atoms with E-state index in [4.69, 9.17) is 15.2 Å². The molecule has 0 atom stereocenters. The second-order valence-electron chi connectivity index (χ2n) is 6.51. The first-order chi connectivity index (χ1) is 10.4. The minimum absolute atomic E-state index is 0.396. The maximum absolute atomic E-state index is 11.4. The normalized spacial score (nSPS) is 17.5. The van der Waals surface area contributed by atoms with Crippen molar-refractivity contribution in [2.45, 2.75) is 26.4 Å². The summed E-state index contributed by atoms with van der Waals surface area (Å²) in [5, 5.41) is 2.68. The Morgan fingerprint density at radius 3 is 2.23 bits per heavy atom. The van der Waals surface area contributed by atoms with Crippen LogP contribution in [0.1, 0.15) is 20.8 Å². The number of nitrogens with two attached hydrogens (primary N) is 1. The molecule has 1 rings (SSSR count). The summed E-state index contributed by atoms with van der Waals surface area (Å²) in [5.41, 5.74) is 5.10. The number of nitrogens with zero attached hydrogens (tertiary/aromatic N) is 2. The van der Waals surface area contributed by atoms with Crippen molar-refractivity contribution in [1.82, 2.24) is 15.1 Å². The maximum atomic E-state index is 11.4. The fraction of sp³-hybridized carbons (Fsp3) is 0.933. The third-order valence-electron chi connectivity index (χ3n) is 3.38. The molecule has 7 heteroatoms. The minimum Gasteiger partial charge on any atom is -0.444 e. The molecule has 1 aliphatic rings. The summed E-state index contributed by atoms with van der Waals surface area (Å²) in [6.45, 7) is 14.1. The van der Waals surface area contributed by atoms with Crippen molar-refractivity contribution in [2.75, 3.05) is 65.6 Å². The fourth-order valence-electron chi connectivity index (χ4n) is 2.25. The number of carbonyl (C=O) groups is 1. The highest BCUT2D eigenvalue weighted by molar-refractivity contribution is 5.67. The monoisotopic (exact) mass is 316 g/mol. The van der Waals surface area contributed by atoms with Gasteiger partial charge < -0.3 is 20.5 Å². The van der Waals surface area contributed by atoms with Crippen molar-refractivity contribution < 1.29 is 14.3 Å². The van der Waals surface area contributed by atoms with E-state index in [1.54, 1.807) is 0 Å². The van der Waals surface area contributed by atoms with E-state index in [-0.39, 0.29) is 0 Å². The second-order valence-corrected chi connectivity index (χ2v) is 6.51. The van der Waals surface area contributed by atoms with Gasteiger partial charge >= 0.3 is 6.09 Å². The molecule has 0 aromatic carbocycles.